The van der Waals surface area contributed by atoms with Crippen molar-refractivity contribution < 1.29 is 15.0 Å². The molecular formula is C17H23BrN2O3. The number of anilines is 1. The molecule has 2 heterocycles. The number of halogens is 1. The number of pyridine rings is 1. The van der Waals surface area contributed by atoms with Crippen molar-refractivity contribution in [2.75, 3.05) is 18.0 Å². The molecule has 6 heteroatoms. The number of aliphatic carboxylic acids is 1. The third-order valence-electron chi connectivity index (χ3n) is 5.57. The number of carboxylic acid groups (broad SMARTS) is 1. The fourth-order valence-electron chi connectivity index (χ4n) is 3.96. The van der Waals surface area contributed by atoms with Crippen LogP contribution in [0, 0.1) is 19.3 Å². The highest BCUT2D eigenvalue weighted by Crippen LogP contribution is 2.50. The van der Waals surface area contributed by atoms with Crippen LogP contribution in [0.3, 0.4) is 0 Å². The third-order valence-corrected chi connectivity index (χ3v) is 6.52. The summed E-state index contributed by atoms with van der Waals surface area (Å²) in [6.45, 7) is 5.47. The van der Waals surface area contributed by atoms with Gasteiger partial charge >= 0.3 is 5.97 Å². The Labute approximate surface area is 144 Å². The summed E-state index contributed by atoms with van der Waals surface area (Å²) >= 11 is 3.57. The van der Waals surface area contributed by atoms with Crippen molar-refractivity contribution in [2.24, 2.45) is 5.41 Å². The maximum atomic E-state index is 11.3. The molecule has 1 aliphatic heterocycles. The van der Waals surface area contributed by atoms with Gasteiger partial charge in [0.2, 0.25) is 0 Å². The van der Waals surface area contributed by atoms with Crippen LogP contribution in [0.2, 0.25) is 0 Å². The first-order chi connectivity index (χ1) is 10.8. The molecule has 0 aromatic carbocycles. The summed E-state index contributed by atoms with van der Waals surface area (Å²) in [5.41, 5.74) is 3.15. The quantitative estimate of drug-likeness (QED) is 0.838. The number of aryl methyl sites for hydroxylation is 2. The summed E-state index contributed by atoms with van der Waals surface area (Å²) in [6, 6.07) is 0. The first kappa shape index (κ1) is 16.7. The summed E-state index contributed by atoms with van der Waals surface area (Å²) < 4.78 is 0.794. The zero-order chi connectivity index (χ0) is 16.8. The van der Waals surface area contributed by atoms with Crippen molar-refractivity contribution in [3.05, 3.63) is 21.4 Å². The van der Waals surface area contributed by atoms with E-state index in [2.05, 4.69) is 25.8 Å². The van der Waals surface area contributed by atoms with E-state index in [-0.39, 0.29) is 0 Å². The maximum absolute atomic E-state index is 11.3. The van der Waals surface area contributed by atoms with E-state index in [4.69, 9.17) is 0 Å². The van der Waals surface area contributed by atoms with Crippen molar-refractivity contribution >= 4 is 27.6 Å². The Morgan fingerprint density at radius 2 is 1.83 bits per heavy atom. The van der Waals surface area contributed by atoms with E-state index in [1.807, 2.05) is 6.92 Å². The van der Waals surface area contributed by atoms with E-state index in [1.54, 1.807) is 6.92 Å². The van der Waals surface area contributed by atoms with Gasteiger partial charge in [0.15, 0.2) is 6.10 Å². The molecule has 1 spiro atoms. The minimum absolute atomic E-state index is 0.416. The molecule has 1 saturated carbocycles. The highest BCUT2D eigenvalue weighted by molar-refractivity contribution is 9.10. The average molecular weight is 383 g/mol. The van der Waals surface area contributed by atoms with Gasteiger partial charge in [-0.3, -0.25) is 4.98 Å². The highest BCUT2D eigenvalue weighted by atomic mass is 79.9. The van der Waals surface area contributed by atoms with E-state index in [9.17, 15) is 15.0 Å². The van der Waals surface area contributed by atoms with E-state index in [0.29, 0.717) is 16.7 Å². The summed E-state index contributed by atoms with van der Waals surface area (Å²) in [5.74, 6) is -1.24. The van der Waals surface area contributed by atoms with Crippen molar-refractivity contribution in [1.82, 2.24) is 4.98 Å². The first-order valence-electron chi connectivity index (χ1n) is 8.17. The molecule has 5 nitrogen and oxygen atoms in total. The van der Waals surface area contributed by atoms with Gasteiger partial charge in [-0.2, -0.15) is 0 Å². The van der Waals surface area contributed by atoms with Crippen LogP contribution in [-0.2, 0) is 4.79 Å². The second kappa shape index (κ2) is 6.06. The minimum atomic E-state index is -1.55. The molecule has 1 atom stereocenters. The highest BCUT2D eigenvalue weighted by Gasteiger charge is 2.40. The Morgan fingerprint density at radius 1 is 1.22 bits per heavy atom. The number of hydrogen-bond donors (Lipinski definition) is 2. The Morgan fingerprint density at radius 3 is 2.30 bits per heavy atom. The number of carboxylic acids is 1. The predicted molar refractivity (Wildman–Crippen MR) is 91.7 cm³/mol. The summed E-state index contributed by atoms with van der Waals surface area (Å²) in [7, 11) is 0. The van der Waals surface area contributed by atoms with Crippen LogP contribution in [0.1, 0.15) is 55.2 Å². The SMILES string of the molecule is Cc1nc(C)c([C@H](O)C(=O)O)c(N2CCC3(CCC3)CC2)c1Br. The molecule has 0 amide bonds. The van der Waals surface area contributed by atoms with E-state index >= 15 is 0 Å². The lowest BCUT2D eigenvalue weighted by atomic mass is 9.63. The fourth-order valence-corrected chi connectivity index (χ4v) is 4.52. The number of carbonyl (C=O) groups is 1. The van der Waals surface area contributed by atoms with E-state index < -0.39 is 12.1 Å². The Hall–Kier alpha value is -1.14. The van der Waals surface area contributed by atoms with Gasteiger partial charge in [-0.1, -0.05) is 6.42 Å². The van der Waals surface area contributed by atoms with Crippen molar-refractivity contribution in [3.63, 3.8) is 0 Å². The molecule has 0 unspecified atom stereocenters. The topological polar surface area (TPSA) is 73.7 Å². The van der Waals surface area contributed by atoms with Gasteiger partial charge in [-0.15, -0.1) is 0 Å². The van der Waals surface area contributed by atoms with Crippen LogP contribution in [-0.4, -0.2) is 34.3 Å². The molecule has 0 bridgehead atoms. The van der Waals surface area contributed by atoms with E-state index in [1.165, 1.54) is 19.3 Å². The third kappa shape index (κ3) is 2.87. The minimum Gasteiger partial charge on any atom is -0.479 e. The number of aliphatic hydroxyl groups excluding tert-OH is 1. The molecular weight excluding hydrogens is 360 g/mol. The molecule has 1 saturated heterocycles. The Balaban J connectivity index is 1.98. The molecule has 2 fully saturated rings. The van der Waals surface area contributed by atoms with Gasteiger partial charge in [0.05, 0.1) is 15.9 Å². The van der Waals surface area contributed by atoms with Gasteiger partial charge in [0.25, 0.3) is 0 Å². The lowest BCUT2D eigenvalue weighted by molar-refractivity contribution is -0.147. The monoisotopic (exact) mass is 382 g/mol. The smallest absolute Gasteiger partial charge is 0.337 e. The number of hydrogen-bond acceptors (Lipinski definition) is 4. The molecule has 1 aromatic rings. The van der Waals surface area contributed by atoms with Crippen molar-refractivity contribution in [1.29, 1.82) is 0 Å². The van der Waals surface area contributed by atoms with Crippen molar-refractivity contribution in [2.45, 2.75) is 52.1 Å². The molecule has 1 aliphatic carbocycles. The number of aliphatic hydroxyl groups is 1. The number of nitrogens with zero attached hydrogens (tertiary/aromatic N) is 2. The molecule has 126 valence electrons. The molecule has 23 heavy (non-hydrogen) atoms. The molecule has 3 rings (SSSR count). The van der Waals surface area contributed by atoms with Crippen LogP contribution >= 0.6 is 15.9 Å². The Kier molecular flexibility index (Phi) is 4.40. The number of rotatable bonds is 3. The summed E-state index contributed by atoms with van der Waals surface area (Å²) in [4.78, 5) is 17.9. The number of aromatic nitrogens is 1. The second-order valence-corrected chi connectivity index (χ2v) is 7.73. The van der Waals surface area contributed by atoms with Gasteiger partial charge < -0.3 is 15.1 Å². The van der Waals surface area contributed by atoms with Crippen LogP contribution in [0.15, 0.2) is 4.47 Å². The molecule has 2 aliphatic rings. The lowest BCUT2D eigenvalue weighted by Crippen LogP contribution is -2.44. The van der Waals surface area contributed by atoms with Gasteiger partial charge in [-0.05, 0) is 60.9 Å². The maximum Gasteiger partial charge on any atom is 0.337 e. The molecule has 0 radical (unpaired) electrons. The van der Waals surface area contributed by atoms with Gasteiger partial charge in [0.1, 0.15) is 0 Å². The fraction of sp³-hybridized carbons (Fsp3) is 0.647. The average Bonchev–Trinajstić information content (AvgIpc) is 2.48. The second-order valence-electron chi connectivity index (χ2n) is 6.94. The van der Waals surface area contributed by atoms with Crippen LogP contribution in [0.25, 0.3) is 0 Å². The zero-order valence-corrected chi connectivity index (χ0v) is 15.2. The summed E-state index contributed by atoms with van der Waals surface area (Å²) in [5, 5.41) is 19.4. The lowest BCUT2D eigenvalue weighted by Gasteiger charge is -2.49. The zero-order valence-electron chi connectivity index (χ0n) is 13.6. The van der Waals surface area contributed by atoms with Gasteiger partial charge in [0, 0.05) is 24.3 Å². The van der Waals surface area contributed by atoms with Gasteiger partial charge in [-0.25, -0.2) is 4.79 Å². The number of piperidine rings is 1. The largest absolute Gasteiger partial charge is 0.479 e. The summed E-state index contributed by atoms with van der Waals surface area (Å²) in [6.07, 6.45) is 4.71. The first-order valence-corrected chi connectivity index (χ1v) is 8.96. The van der Waals surface area contributed by atoms with Crippen LogP contribution in [0.4, 0.5) is 5.69 Å². The van der Waals surface area contributed by atoms with Crippen LogP contribution in [0.5, 0.6) is 0 Å². The van der Waals surface area contributed by atoms with Crippen molar-refractivity contribution in [3.8, 4) is 0 Å². The van der Waals surface area contributed by atoms with Crippen LogP contribution < -0.4 is 4.90 Å². The standard InChI is InChI=1S/C17H23BrN2O3/c1-10-12(15(21)16(22)23)14(13(18)11(2)19-10)20-8-6-17(7-9-20)4-3-5-17/h15,21H,3-9H2,1-2H3,(H,22,23)/t15-/m0/s1. The molecule has 1 aromatic heterocycles. The van der Waals surface area contributed by atoms with E-state index in [0.717, 1.165) is 41.8 Å². The Bertz CT molecular complexity index is 633. The molecule has 2 N–H and O–H groups in total. The predicted octanol–water partition coefficient (Wildman–Crippen LogP) is 3.35. The normalized spacial score (nSPS) is 21.1.